The highest BCUT2D eigenvalue weighted by molar-refractivity contribution is 5.00. The zero-order valence-electron chi connectivity index (χ0n) is 5.95. The summed E-state index contributed by atoms with van der Waals surface area (Å²) in [5.74, 6) is -2.65. The molecule has 3 N–H and O–H groups in total. The van der Waals surface area contributed by atoms with Gasteiger partial charge in [-0.2, -0.15) is 0 Å². The number of nitrogens with one attached hydrogen (secondary N) is 1. The Bertz CT molecular complexity index is 121. The maximum absolute atomic E-state index is 12.7. The molecule has 0 saturated carbocycles. The third-order valence-corrected chi connectivity index (χ3v) is 2.25. The highest BCUT2D eigenvalue weighted by Gasteiger charge is 2.53. The standard InChI is InChI=1S/C6H12F2N2/c1-5(7,8)6(2-9)3-10-4-6/h10H,2-4,9H2,1H3. The lowest BCUT2D eigenvalue weighted by Gasteiger charge is -2.45. The van der Waals surface area contributed by atoms with Gasteiger partial charge in [0.05, 0.1) is 5.41 Å². The number of halogens is 2. The van der Waals surface area contributed by atoms with Gasteiger partial charge >= 0.3 is 0 Å². The summed E-state index contributed by atoms with van der Waals surface area (Å²) in [6.45, 7) is 1.67. The van der Waals surface area contributed by atoms with Crippen molar-refractivity contribution in [2.75, 3.05) is 19.6 Å². The van der Waals surface area contributed by atoms with Gasteiger partial charge in [0.15, 0.2) is 0 Å². The summed E-state index contributed by atoms with van der Waals surface area (Å²) in [4.78, 5) is 0. The molecule has 60 valence electrons. The Kier molecular flexibility index (Phi) is 1.68. The minimum atomic E-state index is -2.65. The molecule has 0 aliphatic carbocycles. The van der Waals surface area contributed by atoms with Crippen LogP contribution in [0.4, 0.5) is 8.78 Å². The molecule has 0 unspecified atom stereocenters. The van der Waals surface area contributed by atoms with Gasteiger partial charge in [0.1, 0.15) is 0 Å². The second-order valence-corrected chi connectivity index (χ2v) is 2.98. The van der Waals surface area contributed by atoms with E-state index in [1.807, 2.05) is 0 Å². The Labute approximate surface area is 58.8 Å². The van der Waals surface area contributed by atoms with Crippen molar-refractivity contribution in [3.63, 3.8) is 0 Å². The third-order valence-electron chi connectivity index (χ3n) is 2.25. The fourth-order valence-corrected chi connectivity index (χ4v) is 1.06. The van der Waals surface area contributed by atoms with Gasteiger partial charge < -0.3 is 11.1 Å². The predicted molar refractivity (Wildman–Crippen MR) is 35.0 cm³/mol. The number of alkyl halides is 2. The summed E-state index contributed by atoms with van der Waals surface area (Å²) in [6.07, 6.45) is 0. The van der Waals surface area contributed by atoms with Crippen molar-refractivity contribution < 1.29 is 8.78 Å². The van der Waals surface area contributed by atoms with Crippen LogP contribution in [0.15, 0.2) is 0 Å². The smallest absolute Gasteiger partial charge is 0.254 e. The SMILES string of the molecule is CC(F)(F)C1(CN)CNC1. The molecule has 1 saturated heterocycles. The molecule has 1 aliphatic rings. The summed E-state index contributed by atoms with van der Waals surface area (Å²) in [5.41, 5.74) is 4.27. The first-order valence-electron chi connectivity index (χ1n) is 3.30. The second-order valence-electron chi connectivity index (χ2n) is 2.98. The predicted octanol–water partition coefficient (Wildman–Crippen LogP) is 0.190. The maximum atomic E-state index is 12.7. The Hall–Kier alpha value is -0.220. The minimum Gasteiger partial charge on any atom is -0.330 e. The van der Waals surface area contributed by atoms with Crippen LogP contribution in [-0.4, -0.2) is 25.6 Å². The molecule has 0 aromatic heterocycles. The first kappa shape index (κ1) is 7.88. The van der Waals surface area contributed by atoms with Crippen LogP contribution in [0.2, 0.25) is 0 Å². The van der Waals surface area contributed by atoms with Gasteiger partial charge in [-0.05, 0) is 0 Å². The molecular weight excluding hydrogens is 138 g/mol. The van der Waals surface area contributed by atoms with Gasteiger partial charge in [-0.25, -0.2) is 8.78 Å². The molecule has 0 bridgehead atoms. The number of rotatable bonds is 2. The van der Waals surface area contributed by atoms with Crippen molar-refractivity contribution in [3.05, 3.63) is 0 Å². The molecule has 0 aromatic rings. The van der Waals surface area contributed by atoms with Crippen LogP contribution < -0.4 is 11.1 Å². The van der Waals surface area contributed by atoms with Crippen molar-refractivity contribution in [2.45, 2.75) is 12.8 Å². The Balaban J connectivity index is 2.65. The van der Waals surface area contributed by atoms with Gasteiger partial charge in [-0.3, -0.25) is 0 Å². The van der Waals surface area contributed by atoms with E-state index < -0.39 is 11.3 Å². The highest BCUT2D eigenvalue weighted by atomic mass is 19.3. The summed E-state index contributed by atoms with van der Waals surface area (Å²) < 4.78 is 25.4. The lowest BCUT2D eigenvalue weighted by molar-refractivity contribution is -0.127. The number of hydrogen-bond acceptors (Lipinski definition) is 2. The average Bonchev–Trinajstić information content (AvgIpc) is 1.58. The first-order chi connectivity index (χ1) is 4.52. The molecular formula is C6H12F2N2. The van der Waals surface area contributed by atoms with E-state index in [4.69, 9.17) is 5.73 Å². The topological polar surface area (TPSA) is 38.0 Å². The normalized spacial score (nSPS) is 24.0. The van der Waals surface area contributed by atoms with E-state index >= 15 is 0 Å². The lowest BCUT2D eigenvalue weighted by atomic mass is 9.76. The Morgan fingerprint density at radius 3 is 2.10 bits per heavy atom. The molecule has 1 aliphatic heterocycles. The van der Waals surface area contributed by atoms with Gasteiger partial charge in [-0.15, -0.1) is 0 Å². The monoisotopic (exact) mass is 150 g/mol. The van der Waals surface area contributed by atoms with E-state index in [1.165, 1.54) is 0 Å². The van der Waals surface area contributed by atoms with Gasteiger partial charge in [0.2, 0.25) is 0 Å². The van der Waals surface area contributed by atoms with Gasteiger partial charge in [-0.1, -0.05) is 0 Å². The van der Waals surface area contributed by atoms with Crippen LogP contribution in [0.1, 0.15) is 6.92 Å². The summed E-state index contributed by atoms with van der Waals surface area (Å²) in [7, 11) is 0. The number of hydrogen-bond donors (Lipinski definition) is 2. The Morgan fingerprint density at radius 2 is 2.10 bits per heavy atom. The molecule has 1 rings (SSSR count). The summed E-state index contributed by atoms with van der Waals surface area (Å²) >= 11 is 0. The lowest BCUT2D eigenvalue weighted by Crippen LogP contribution is -2.65. The maximum Gasteiger partial charge on any atom is 0.254 e. The molecule has 1 heterocycles. The third kappa shape index (κ3) is 0.914. The van der Waals surface area contributed by atoms with Crippen LogP contribution in [0.5, 0.6) is 0 Å². The molecule has 4 heteroatoms. The first-order valence-corrected chi connectivity index (χ1v) is 3.30. The largest absolute Gasteiger partial charge is 0.330 e. The van der Waals surface area contributed by atoms with Crippen molar-refractivity contribution in [2.24, 2.45) is 11.1 Å². The van der Waals surface area contributed by atoms with Crippen LogP contribution in [0.25, 0.3) is 0 Å². The summed E-state index contributed by atoms with van der Waals surface area (Å²) in [5, 5.41) is 2.80. The van der Waals surface area contributed by atoms with E-state index in [9.17, 15) is 8.78 Å². The van der Waals surface area contributed by atoms with Crippen molar-refractivity contribution in [1.82, 2.24) is 5.32 Å². The quantitative estimate of drug-likeness (QED) is 0.589. The van der Waals surface area contributed by atoms with E-state index in [0.29, 0.717) is 13.1 Å². The zero-order chi connectivity index (χ0) is 7.83. The van der Waals surface area contributed by atoms with Crippen LogP contribution >= 0.6 is 0 Å². The molecule has 0 radical (unpaired) electrons. The molecule has 0 atom stereocenters. The molecule has 1 fully saturated rings. The number of nitrogens with two attached hydrogens (primary N) is 1. The van der Waals surface area contributed by atoms with Crippen molar-refractivity contribution in [1.29, 1.82) is 0 Å². The van der Waals surface area contributed by atoms with E-state index in [2.05, 4.69) is 5.32 Å². The highest BCUT2D eigenvalue weighted by Crippen LogP contribution is 2.38. The second kappa shape index (κ2) is 2.13. The molecule has 10 heavy (non-hydrogen) atoms. The van der Waals surface area contributed by atoms with Gasteiger partial charge in [0.25, 0.3) is 5.92 Å². The molecule has 0 amide bonds. The minimum absolute atomic E-state index is 0.0590. The van der Waals surface area contributed by atoms with Crippen LogP contribution in [0, 0.1) is 5.41 Å². The van der Waals surface area contributed by atoms with Crippen molar-refractivity contribution >= 4 is 0 Å². The molecule has 0 aromatic carbocycles. The van der Waals surface area contributed by atoms with E-state index in [1.54, 1.807) is 0 Å². The van der Waals surface area contributed by atoms with Crippen LogP contribution in [0.3, 0.4) is 0 Å². The Morgan fingerprint density at radius 1 is 1.60 bits per heavy atom. The van der Waals surface area contributed by atoms with Crippen LogP contribution in [-0.2, 0) is 0 Å². The molecule has 0 spiro atoms. The van der Waals surface area contributed by atoms with E-state index in [0.717, 1.165) is 6.92 Å². The van der Waals surface area contributed by atoms with Crippen molar-refractivity contribution in [3.8, 4) is 0 Å². The average molecular weight is 150 g/mol. The fourth-order valence-electron chi connectivity index (χ4n) is 1.06. The summed E-state index contributed by atoms with van der Waals surface area (Å²) in [6, 6.07) is 0. The van der Waals surface area contributed by atoms with Gasteiger partial charge in [0, 0.05) is 26.6 Å². The zero-order valence-corrected chi connectivity index (χ0v) is 5.95. The fraction of sp³-hybridized carbons (Fsp3) is 1.00. The van der Waals surface area contributed by atoms with E-state index in [-0.39, 0.29) is 6.54 Å². The molecule has 2 nitrogen and oxygen atoms in total.